The van der Waals surface area contributed by atoms with Gasteiger partial charge in [0.05, 0.1) is 6.54 Å². The van der Waals surface area contributed by atoms with E-state index in [9.17, 15) is 0 Å². The zero-order valence-corrected chi connectivity index (χ0v) is 16.4. The van der Waals surface area contributed by atoms with E-state index in [1.54, 1.807) is 0 Å². The van der Waals surface area contributed by atoms with Gasteiger partial charge in [0.15, 0.2) is 0 Å². The van der Waals surface area contributed by atoms with Crippen molar-refractivity contribution in [2.45, 2.75) is 39.3 Å². The molecule has 0 amide bonds. The first-order valence-corrected chi connectivity index (χ1v) is 8.29. The van der Waals surface area contributed by atoms with Gasteiger partial charge in [0, 0.05) is 20.0 Å². The van der Waals surface area contributed by atoms with Gasteiger partial charge in [0.1, 0.15) is 11.5 Å². The number of furan rings is 1. The van der Waals surface area contributed by atoms with Gasteiger partial charge in [-0.25, -0.2) is 0 Å². The van der Waals surface area contributed by atoms with E-state index in [0.717, 1.165) is 39.0 Å². The van der Waals surface area contributed by atoms with Crippen molar-refractivity contribution in [2.24, 2.45) is 0 Å². The fraction of sp³-hybridized carbons (Fsp3) is 0.375. The molecule has 5 heteroatoms. The molecule has 0 bridgehead atoms. The van der Waals surface area contributed by atoms with Crippen LogP contribution in [0.4, 0.5) is 0 Å². The molecule has 116 valence electrons. The number of benzene rings is 1. The smallest absolute Gasteiger partial charge is 0.135 e. The Morgan fingerprint density at radius 3 is 2.48 bits per heavy atom. The SMILES string of the molecule is CCC(C)(C)NCc1ccc(-c2ccc(Br)cc2Br)o1.Cl. The third kappa shape index (κ3) is 5.13. The molecule has 1 aromatic heterocycles. The van der Waals surface area contributed by atoms with Crippen molar-refractivity contribution in [2.75, 3.05) is 0 Å². The molecule has 0 saturated heterocycles. The summed E-state index contributed by atoms with van der Waals surface area (Å²) in [5.74, 6) is 1.84. The molecule has 2 nitrogen and oxygen atoms in total. The topological polar surface area (TPSA) is 25.2 Å². The number of nitrogens with one attached hydrogen (secondary N) is 1. The van der Waals surface area contributed by atoms with Crippen LogP contribution in [0.25, 0.3) is 11.3 Å². The summed E-state index contributed by atoms with van der Waals surface area (Å²) in [7, 11) is 0. The Morgan fingerprint density at radius 1 is 1.14 bits per heavy atom. The Hall–Kier alpha value is -0.290. The van der Waals surface area contributed by atoms with Gasteiger partial charge < -0.3 is 9.73 Å². The van der Waals surface area contributed by atoms with Gasteiger partial charge in [-0.2, -0.15) is 0 Å². The van der Waals surface area contributed by atoms with Crippen LogP contribution in [0.5, 0.6) is 0 Å². The summed E-state index contributed by atoms with van der Waals surface area (Å²) in [5, 5.41) is 3.50. The van der Waals surface area contributed by atoms with E-state index in [2.05, 4.69) is 57.9 Å². The molecule has 21 heavy (non-hydrogen) atoms. The molecule has 2 rings (SSSR count). The zero-order chi connectivity index (χ0) is 14.8. The van der Waals surface area contributed by atoms with Crippen LogP contribution in [-0.2, 0) is 6.54 Å². The summed E-state index contributed by atoms with van der Waals surface area (Å²) in [6.07, 6.45) is 1.08. The minimum atomic E-state index is 0. The summed E-state index contributed by atoms with van der Waals surface area (Å²) in [4.78, 5) is 0. The fourth-order valence-electron chi connectivity index (χ4n) is 1.76. The molecule has 0 atom stereocenters. The Kier molecular flexibility index (Phi) is 6.98. The first kappa shape index (κ1) is 18.8. The van der Waals surface area contributed by atoms with Crippen LogP contribution < -0.4 is 5.32 Å². The lowest BCUT2D eigenvalue weighted by Crippen LogP contribution is -2.37. The zero-order valence-electron chi connectivity index (χ0n) is 12.4. The Bertz CT molecular complexity index is 596. The van der Waals surface area contributed by atoms with E-state index in [0.29, 0.717) is 0 Å². The van der Waals surface area contributed by atoms with Crippen LogP contribution in [0.1, 0.15) is 33.0 Å². The molecular weight excluding hydrogens is 417 g/mol. The highest BCUT2D eigenvalue weighted by atomic mass is 79.9. The standard InChI is InChI=1S/C16H19Br2NO.ClH/c1-4-16(2,3)19-10-12-6-8-15(20-12)13-7-5-11(17)9-14(13)18;/h5-9,19H,4,10H2,1-3H3;1H. The summed E-state index contributed by atoms with van der Waals surface area (Å²) in [6, 6.07) is 10.1. The minimum absolute atomic E-state index is 0. The highest BCUT2D eigenvalue weighted by Crippen LogP contribution is 2.32. The number of rotatable bonds is 5. The highest BCUT2D eigenvalue weighted by molar-refractivity contribution is 9.11. The molecule has 1 heterocycles. The van der Waals surface area contributed by atoms with Crippen molar-refractivity contribution in [3.05, 3.63) is 45.0 Å². The molecule has 1 aromatic carbocycles. The summed E-state index contributed by atoms with van der Waals surface area (Å²) in [5.41, 5.74) is 1.19. The molecule has 0 spiro atoms. The van der Waals surface area contributed by atoms with E-state index in [4.69, 9.17) is 4.42 Å². The second kappa shape index (κ2) is 7.82. The van der Waals surface area contributed by atoms with E-state index in [1.807, 2.05) is 30.3 Å². The lowest BCUT2D eigenvalue weighted by Gasteiger charge is -2.23. The summed E-state index contributed by atoms with van der Waals surface area (Å²) in [6.45, 7) is 7.32. The van der Waals surface area contributed by atoms with E-state index < -0.39 is 0 Å². The Balaban J connectivity index is 0.00000220. The number of hydrogen-bond donors (Lipinski definition) is 1. The predicted octanol–water partition coefficient (Wildman–Crippen LogP) is 6.17. The third-order valence-electron chi connectivity index (χ3n) is 3.48. The van der Waals surface area contributed by atoms with Crippen LogP contribution in [0.15, 0.2) is 43.7 Å². The van der Waals surface area contributed by atoms with Gasteiger partial charge in [-0.05, 0) is 66.5 Å². The van der Waals surface area contributed by atoms with Crippen LogP contribution in [0.2, 0.25) is 0 Å². The van der Waals surface area contributed by atoms with E-state index in [-0.39, 0.29) is 17.9 Å². The van der Waals surface area contributed by atoms with Gasteiger partial charge in [0.25, 0.3) is 0 Å². The third-order valence-corrected chi connectivity index (χ3v) is 4.63. The van der Waals surface area contributed by atoms with E-state index >= 15 is 0 Å². The van der Waals surface area contributed by atoms with Crippen molar-refractivity contribution in [1.29, 1.82) is 0 Å². The van der Waals surface area contributed by atoms with E-state index in [1.165, 1.54) is 0 Å². The van der Waals surface area contributed by atoms with Gasteiger partial charge in [0.2, 0.25) is 0 Å². The second-order valence-electron chi connectivity index (χ2n) is 5.48. The Labute approximate surface area is 149 Å². The van der Waals surface area contributed by atoms with Crippen LogP contribution in [-0.4, -0.2) is 5.54 Å². The van der Waals surface area contributed by atoms with Crippen molar-refractivity contribution < 1.29 is 4.42 Å². The number of hydrogen-bond acceptors (Lipinski definition) is 2. The molecule has 0 aliphatic heterocycles. The highest BCUT2D eigenvalue weighted by Gasteiger charge is 2.15. The van der Waals surface area contributed by atoms with Gasteiger partial charge in [-0.15, -0.1) is 12.4 Å². The van der Waals surface area contributed by atoms with Gasteiger partial charge >= 0.3 is 0 Å². The van der Waals surface area contributed by atoms with Crippen LogP contribution >= 0.6 is 44.3 Å². The first-order chi connectivity index (χ1) is 9.41. The molecule has 1 N–H and O–H groups in total. The van der Waals surface area contributed by atoms with Crippen molar-refractivity contribution >= 4 is 44.3 Å². The second-order valence-corrected chi connectivity index (χ2v) is 7.25. The summed E-state index contributed by atoms with van der Waals surface area (Å²) < 4.78 is 7.99. The lowest BCUT2D eigenvalue weighted by molar-refractivity contribution is 0.353. The molecule has 0 aliphatic carbocycles. The lowest BCUT2D eigenvalue weighted by atomic mass is 10.0. The molecule has 0 saturated carbocycles. The van der Waals surface area contributed by atoms with Gasteiger partial charge in [-0.3, -0.25) is 0 Å². The Morgan fingerprint density at radius 2 is 1.86 bits per heavy atom. The molecule has 0 unspecified atom stereocenters. The van der Waals surface area contributed by atoms with Crippen molar-refractivity contribution in [3.63, 3.8) is 0 Å². The fourth-order valence-corrected chi connectivity index (χ4v) is 3.00. The summed E-state index contributed by atoms with van der Waals surface area (Å²) >= 11 is 7.03. The maximum Gasteiger partial charge on any atom is 0.135 e. The predicted molar refractivity (Wildman–Crippen MR) is 98.0 cm³/mol. The van der Waals surface area contributed by atoms with Crippen LogP contribution in [0, 0.1) is 0 Å². The van der Waals surface area contributed by atoms with Crippen LogP contribution in [0.3, 0.4) is 0 Å². The minimum Gasteiger partial charge on any atom is -0.460 e. The largest absolute Gasteiger partial charge is 0.460 e. The normalized spacial score (nSPS) is 11.3. The molecular formula is C16H20Br2ClNO. The maximum atomic E-state index is 5.92. The first-order valence-electron chi connectivity index (χ1n) is 6.70. The maximum absolute atomic E-state index is 5.92. The molecule has 0 radical (unpaired) electrons. The quantitative estimate of drug-likeness (QED) is 0.605. The monoisotopic (exact) mass is 435 g/mol. The average molecular weight is 438 g/mol. The molecule has 2 aromatic rings. The average Bonchev–Trinajstić information content (AvgIpc) is 2.85. The number of halogens is 3. The van der Waals surface area contributed by atoms with Crippen molar-refractivity contribution in [3.8, 4) is 11.3 Å². The molecule has 0 aliphatic rings. The van der Waals surface area contributed by atoms with Crippen molar-refractivity contribution in [1.82, 2.24) is 5.32 Å². The molecule has 0 fully saturated rings. The van der Waals surface area contributed by atoms with Gasteiger partial charge in [-0.1, -0.05) is 22.9 Å².